The highest BCUT2D eigenvalue weighted by atomic mass is 16.5. The van der Waals surface area contributed by atoms with Gasteiger partial charge in [-0.15, -0.1) is 0 Å². The van der Waals surface area contributed by atoms with Crippen molar-refractivity contribution in [3.63, 3.8) is 0 Å². The van der Waals surface area contributed by atoms with Crippen LogP contribution >= 0.6 is 0 Å². The molecular formula is C16H27N3O. The third-order valence-electron chi connectivity index (χ3n) is 3.96. The van der Waals surface area contributed by atoms with Gasteiger partial charge in [0.05, 0.1) is 12.2 Å². The van der Waals surface area contributed by atoms with Crippen LogP contribution in [0.5, 0.6) is 5.88 Å². The van der Waals surface area contributed by atoms with E-state index in [0.29, 0.717) is 5.92 Å². The van der Waals surface area contributed by atoms with Gasteiger partial charge in [0.25, 0.3) is 0 Å². The Labute approximate surface area is 122 Å². The maximum absolute atomic E-state index is 5.93. The van der Waals surface area contributed by atoms with Gasteiger partial charge in [0, 0.05) is 6.54 Å². The normalized spacial score (nSPS) is 15.2. The number of nitrogens with zero attached hydrogens (tertiary/aromatic N) is 2. The number of rotatable bonds is 8. The Morgan fingerprint density at radius 2 is 2.15 bits per heavy atom. The predicted molar refractivity (Wildman–Crippen MR) is 82.4 cm³/mol. The van der Waals surface area contributed by atoms with Crippen LogP contribution in [0.15, 0.2) is 6.33 Å². The van der Waals surface area contributed by atoms with Gasteiger partial charge in [0.2, 0.25) is 5.88 Å². The molecule has 0 unspecified atom stereocenters. The van der Waals surface area contributed by atoms with Crippen molar-refractivity contribution in [2.75, 3.05) is 18.5 Å². The topological polar surface area (TPSA) is 47.0 Å². The third kappa shape index (κ3) is 3.84. The quantitative estimate of drug-likeness (QED) is 0.780. The van der Waals surface area contributed by atoms with Crippen molar-refractivity contribution in [3.8, 4) is 5.88 Å². The fourth-order valence-corrected chi connectivity index (χ4v) is 2.50. The Bertz CT molecular complexity index is 416. The molecule has 4 heteroatoms. The molecule has 0 aliphatic heterocycles. The molecule has 1 saturated carbocycles. The molecule has 1 aliphatic carbocycles. The zero-order chi connectivity index (χ0) is 14.4. The maximum atomic E-state index is 5.93. The SMILES string of the molecule is CCCNc1ncnc(OCCC2CCC2)c1C(C)C. The Morgan fingerprint density at radius 1 is 1.35 bits per heavy atom. The van der Waals surface area contributed by atoms with Crippen molar-refractivity contribution in [1.82, 2.24) is 9.97 Å². The number of anilines is 1. The lowest BCUT2D eigenvalue weighted by atomic mass is 9.83. The van der Waals surface area contributed by atoms with Gasteiger partial charge in [-0.3, -0.25) is 0 Å². The molecule has 0 radical (unpaired) electrons. The number of nitrogens with one attached hydrogen (secondary N) is 1. The standard InChI is InChI=1S/C16H27N3O/c1-4-9-17-15-14(12(2)3)16(19-11-18-15)20-10-8-13-6-5-7-13/h11-13H,4-10H2,1-3H3,(H,17,18,19). The van der Waals surface area contributed by atoms with Gasteiger partial charge < -0.3 is 10.1 Å². The molecule has 0 amide bonds. The van der Waals surface area contributed by atoms with E-state index in [0.717, 1.165) is 49.2 Å². The minimum absolute atomic E-state index is 0.356. The molecule has 112 valence electrons. The summed E-state index contributed by atoms with van der Waals surface area (Å²) in [6.45, 7) is 8.18. The zero-order valence-electron chi connectivity index (χ0n) is 13.0. The maximum Gasteiger partial charge on any atom is 0.222 e. The van der Waals surface area contributed by atoms with E-state index < -0.39 is 0 Å². The van der Waals surface area contributed by atoms with Crippen LogP contribution in [0, 0.1) is 5.92 Å². The molecule has 4 nitrogen and oxygen atoms in total. The van der Waals surface area contributed by atoms with Gasteiger partial charge >= 0.3 is 0 Å². The lowest BCUT2D eigenvalue weighted by molar-refractivity contribution is 0.215. The van der Waals surface area contributed by atoms with Gasteiger partial charge in [-0.1, -0.05) is 40.0 Å². The van der Waals surface area contributed by atoms with Crippen molar-refractivity contribution in [1.29, 1.82) is 0 Å². The van der Waals surface area contributed by atoms with E-state index in [4.69, 9.17) is 4.74 Å². The molecule has 0 atom stereocenters. The molecular weight excluding hydrogens is 250 g/mol. The molecule has 2 rings (SSSR count). The van der Waals surface area contributed by atoms with Gasteiger partial charge in [-0.05, 0) is 24.7 Å². The van der Waals surface area contributed by atoms with E-state index in [2.05, 4.69) is 36.1 Å². The predicted octanol–water partition coefficient (Wildman–Crippen LogP) is 3.99. The summed E-state index contributed by atoms with van der Waals surface area (Å²) in [6.07, 6.45) is 7.96. The molecule has 1 N–H and O–H groups in total. The Kier molecular flexibility index (Phi) is 5.62. The number of ether oxygens (including phenoxy) is 1. The van der Waals surface area contributed by atoms with E-state index in [1.807, 2.05) is 0 Å². The summed E-state index contributed by atoms with van der Waals surface area (Å²) in [5.74, 6) is 2.91. The zero-order valence-corrected chi connectivity index (χ0v) is 13.0. The summed E-state index contributed by atoms with van der Waals surface area (Å²) in [7, 11) is 0. The summed E-state index contributed by atoms with van der Waals surface area (Å²) < 4.78 is 5.93. The van der Waals surface area contributed by atoms with Crippen molar-refractivity contribution < 1.29 is 4.74 Å². The molecule has 1 aliphatic rings. The highest BCUT2D eigenvalue weighted by Crippen LogP contribution is 2.32. The van der Waals surface area contributed by atoms with Crippen LogP contribution < -0.4 is 10.1 Å². The second-order valence-corrected chi connectivity index (χ2v) is 5.96. The van der Waals surface area contributed by atoms with E-state index in [1.54, 1.807) is 6.33 Å². The summed E-state index contributed by atoms with van der Waals surface area (Å²) >= 11 is 0. The first-order chi connectivity index (χ1) is 9.72. The first-order valence-electron chi connectivity index (χ1n) is 7.94. The molecule has 0 spiro atoms. The van der Waals surface area contributed by atoms with Crippen LogP contribution in [0.2, 0.25) is 0 Å². The van der Waals surface area contributed by atoms with E-state index in [9.17, 15) is 0 Å². The third-order valence-corrected chi connectivity index (χ3v) is 3.96. The summed E-state index contributed by atoms with van der Waals surface area (Å²) in [5.41, 5.74) is 1.11. The number of hydrogen-bond donors (Lipinski definition) is 1. The fraction of sp³-hybridized carbons (Fsp3) is 0.750. The second-order valence-electron chi connectivity index (χ2n) is 5.96. The summed E-state index contributed by atoms with van der Waals surface area (Å²) in [5, 5.41) is 3.38. The Balaban J connectivity index is 2.01. The fourth-order valence-electron chi connectivity index (χ4n) is 2.50. The highest BCUT2D eigenvalue weighted by molar-refractivity contribution is 5.50. The molecule has 0 bridgehead atoms. The molecule has 0 saturated heterocycles. The Morgan fingerprint density at radius 3 is 2.75 bits per heavy atom. The van der Waals surface area contributed by atoms with Crippen LogP contribution in [0.3, 0.4) is 0 Å². The average Bonchev–Trinajstić information content (AvgIpc) is 2.38. The molecule has 0 aromatic carbocycles. The van der Waals surface area contributed by atoms with Gasteiger partial charge in [-0.25, -0.2) is 9.97 Å². The summed E-state index contributed by atoms with van der Waals surface area (Å²) in [4.78, 5) is 8.70. The summed E-state index contributed by atoms with van der Waals surface area (Å²) in [6, 6.07) is 0. The van der Waals surface area contributed by atoms with E-state index >= 15 is 0 Å². The monoisotopic (exact) mass is 277 g/mol. The van der Waals surface area contributed by atoms with Crippen LogP contribution in [-0.4, -0.2) is 23.1 Å². The van der Waals surface area contributed by atoms with Crippen LogP contribution in [0.25, 0.3) is 0 Å². The van der Waals surface area contributed by atoms with Gasteiger partial charge in [0.15, 0.2) is 0 Å². The lowest BCUT2D eigenvalue weighted by Crippen LogP contribution is -2.16. The van der Waals surface area contributed by atoms with Gasteiger partial charge in [-0.2, -0.15) is 0 Å². The second kappa shape index (κ2) is 7.46. The largest absolute Gasteiger partial charge is 0.477 e. The van der Waals surface area contributed by atoms with Crippen LogP contribution in [0.1, 0.15) is 64.4 Å². The lowest BCUT2D eigenvalue weighted by Gasteiger charge is -2.25. The molecule has 1 heterocycles. The number of hydrogen-bond acceptors (Lipinski definition) is 4. The highest BCUT2D eigenvalue weighted by Gasteiger charge is 2.19. The van der Waals surface area contributed by atoms with Crippen LogP contribution in [-0.2, 0) is 0 Å². The first-order valence-corrected chi connectivity index (χ1v) is 7.94. The minimum Gasteiger partial charge on any atom is -0.477 e. The van der Waals surface area contributed by atoms with Crippen molar-refractivity contribution in [2.24, 2.45) is 5.92 Å². The van der Waals surface area contributed by atoms with Crippen molar-refractivity contribution >= 4 is 5.82 Å². The molecule has 20 heavy (non-hydrogen) atoms. The van der Waals surface area contributed by atoms with Crippen molar-refractivity contribution in [2.45, 2.75) is 58.8 Å². The van der Waals surface area contributed by atoms with E-state index in [-0.39, 0.29) is 0 Å². The molecule has 1 aromatic heterocycles. The first kappa shape index (κ1) is 15.1. The Hall–Kier alpha value is -1.32. The average molecular weight is 277 g/mol. The van der Waals surface area contributed by atoms with Crippen LogP contribution in [0.4, 0.5) is 5.82 Å². The minimum atomic E-state index is 0.356. The van der Waals surface area contributed by atoms with Crippen molar-refractivity contribution in [3.05, 3.63) is 11.9 Å². The molecule has 1 fully saturated rings. The molecule has 1 aromatic rings. The van der Waals surface area contributed by atoms with E-state index in [1.165, 1.54) is 19.3 Å². The smallest absolute Gasteiger partial charge is 0.222 e. The van der Waals surface area contributed by atoms with Gasteiger partial charge in [0.1, 0.15) is 12.1 Å². The number of aromatic nitrogens is 2.